The molecule has 0 radical (unpaired) electrons. The Morgan fingerprint density at radius 3 is 2.22 bits per heavy atom. The van der Waals surface area contributed by atoms with Gasteiger partial charge in [-0.3, -0.25) is 9.59 Å². The van der Waals surface area contributed by atoms with Crippen molar-refractivity contribution >= 4 is 11.9 Å². The lowest BCUT2D eigenvalue weighted by molar-refractivity contribution is -0.153. The number of hydrogen-bond acceptors (Lipinski definition) is 6. The van der Waals surface area contributed by atoms with E-state index in [4.69, 9.17) is 9.47 Å². The minimum Gasteiger partial charge on any atom is -0.461 e. The van der Waals surface area contributed by atoms with Crippen LogP contribution in [0.5, 0.6) is 0 Å². The summed E-state index contributed by atoms with van der Waals surface area (Å²) in [6, 6.07) is 0. The molecule has 0 amide bonds. The van der Waals surface area contributed by atoms with E-state index < -0.39 is 16.6 Å². The fourth-order valence-corrected chi connectivity index (χ4v) is 11.0. The molecule has 6 heteroatoms. The molecule has 14 atom stereocenters. The normalized spacial score (nSPS) is 58.8. The Balaban J connectivity index is 1.47. The SMILES string of the molecule is CC1=C[C@@H]2C3C4C(=C(C)[C@@H]3[C@@]13[C@@H]2[C@@](C)(O)CC[C@H]1[C@H](C)C(=O)O[C@@H]13)[C@H]1OC(=O)C(C)C1CC[C@]4(C)O. The average Bonchev–Trinajstić information content (AvgIpc) is 3.49. The third-order valence-electron chi connectivity index (χ3n) is 12.4. The van der Waals surface area contributed by atoms with Gasteiger partial charge in [0.05, 0.1) is 23.0 Å². The average molecular weight is 497 g/mol. The lowest BCUT2D eigenvalue weighted by atomic mass is 9.58. The number of hydrogen-bond donors (Lipinski definition) is 2. The van der Waals surface area contributed by atoms with Gasteiger partial charge in [-0.1, -0.05) is 31.1 Å². The Hall–Kier alpha value is -1.66. The van der Waals surface area contributed by atoms with Gasteiger partial charge in [0.2, 0.25) is 0 Å². The van der Waals surface area contributed by atoms with Crippen molar-refractivity contribution in [1.29, 1.82) is 0 Å². The predicted octanol–water partition coefficient (Wildman–Crippen LogP) is 3.80. The molecule has 196 valence electrons. The van der Waals surface area contributed by atoms with Gasteiger partial charge in [0.15, 0.2) is 0 Å². The van der Waals surface area contributed by atoms with Crippen molar-refractivity contribution < 1.29 is 29.3 Å². The van der Waals surface area contributed by atoms with Crippen LogP contribution in [0.3, 0.4) is 0 Å². The van der Waals surface area contributed by atoms with Crippen LogP contribution in [0, 0.1) is 58.7 Å². The molecule has 7 aliphatic rings. The lowest BCUT2D eigenvalue weighted by Crippen LogP contribution is -2.51. The molecule has 2 N–H and O–H groups in total. The number of esters is 2. The van der Waals surface area contributed by atoms with E-state index in [0.717, 1.165) is 18.4 Å². The molecular weight excluding hydrogens is 456 g/mol. The summed E-state index contributed by atoms with van der Waals surface area (Å²) in [5, 5.41) is 24.1. The smallest absolute Gasteiger partial charge is 0.309 e. The molecule has 5 aliphatic carbocycles. The van der Waals surface area contributed by atoms with Crippen molar-refractivity contribution in [2.24, 2.45) is 58.7 Å². The van der Waals surface area contributed by atoms with Crippen molar-refractivity contribution in [3.05, 3.63) is 22.8 Å². The maximum atomic E-state index is 13.0. The number of rotatable bonds is 0. The first-order valence-corrected chi connectivity index (χ1v) is 14.1. The van der Waals surface area contributed by atoms with E-state index in [-0.39, 0.29) is 77.4 Å². The fourth-order valence-electron chi connectivity index (χ4n) is 11.0. The minimum absolute atomic E-state index is 0.0486. The molecule has 0 spiro atoms. The summed E-state index contributed by atoms with van der Waals surface area (Å²) in [7, 11) is 0. The summed E-state index contributed by atoms with van der Waals surface area (Å²) in [5.74, 6) is -0.460. The van der Waals surface area contributed by atoms with Gasteiger partial charge in [-0.15, -0.1) is 0 Å². The van der Waals surface area contributed by atoms with Gasteiger partial charge >= 0.3 is 11.9 Å². The van der Waals surface area contributed by atoms with Crippen molar-refractivity contribution in [3.63, 3.8) is 0 Å². The van der Waals surface area contributed by atoms with Crippen LogP contribution in [0.1, 0.15) is 67.2 Å². The highest BCUT2D eigenvalue weighted by molar-refractivity contribution is 5.76. The molecule has 7 rings (SSSR count). The van der Waals surface area contributed by atoms with Gasteiger partial charge in [-0.25, -0.2) is 0 Å². The van der Waals surface area contributed by atoms with Gasteiger partial charge in [-0.2, -0.15) is 0 Å². The second-order valence-electron chi connectivity index (χ2n) is 13.9. The molecule has 2 heterocycles. The molecule has 0 aromatic carbocycles. The van der Waals surface area contributed by atoms with Crippen LogP contribution in [-0.4, -0.2) is 45.6 Å². The molecule has 2 bridgehead atoms. The molecule has 36 heavy (non-hydrogen) atoms. The largest absolute Gasteiger partial charge is 0.461 e. The predicted molar refractivity (Wildman–Crippen MR) is 131 cm³/mol. The highest BCUT2D eigenvalue weighted by Crippen LogP contribution is 2.78. The Morgan fingerprint density at radius 1 is 0.889 bits per heavy atom. The van der Waals surface area contributed by atoms with Gasteiger partial charge < -0.3 is 19.7 Å². The first-order chi connectivity index (χ1) is 16.8. The molecule has 2 aliphatic heterocycles. The second kappa shape index (κ2) is 6.85. The lowest BCUT2D eigenvalue weighted by Gasteiger charge is -2.47. The van der Waals surface area contributed by atoms with Gasteiger partial charge in [0, 0.05) is 29.1 Å². The van der Waals surface area contributed by atoms with Crippen LogP contribution in [0.2, 0.25) is 0 Å². The molecule has 3 saturated carbocycles. The van der Waals surface area contributed by atoms with Crippen LogP contribution in [0.4, 0.5) is 0 Å². The maximum Gasteiger partial charge on any atom is 0.309 e. The van der Waals surface area contributed by atoms with E-state index in [2.05, 4.69) is 19.9 Å². The van der Waals surface area contributed by atoms with Gasteiger partial charge in [0.25, 0.3) is 0 Å². The maximum absolute atomic E-state index is 13.0. The summed E-state index contributed by atoms with van der Waals surface area (Å²) in [5.41, 5.74) is 1.23. The van der Waals surface area contributed by atoms with E-state index in [1.54, 1.807) is 0 Å². The zero-order chi connectivity index (χ0) is 25.7. The second-order valence-corrected chi connectivity index (χ2v) is 13.9. The van der Waals surface area contributed by atoms with Crippen molar-refractivity contribution in [2.45, 2.75) is 90.6 Å². The van der Waals surface area contributed by atoms with E-state index in [0.29, 0.717) is 12.8 Å². The van der Waals surface area contributed by atoms with Crippen LogP contribution in [-0.2, 0) is 19.1 Å². The molecule has 6 nitrogen and oxygen atoms in total. The van der Waals surface area contributed by atoms with Crippen LogP contribution >= 0.6 is 0 Å². The van der Waals surface area contributed by atoms with E-state index >= 15 is 0 Å². The molecular formula is C30H40O6. The van der Waals surface area contributed by atoms with Crippen molar-refractivity contribution in [2.75, 3.05) is 0 Å². The Labute approximate surface area is 213 Å². The highest BCUT2D eigenvalue weighted by Gasteiger charge is 2.78. The van der Waals surface area contributed by atoms with E-state index in [9.17, 15) is 19.8 Å². The van der Waals surface area contributed by atoms with E-state index in [1.807, 2.05) is 27.7 Å². The molecule has 2 saturated heterocycles. The van der Waals surface area contributed by atoms with Crippen LogP contribution in [0.25, 0.3) is 0 Å². The van der Waals surface area contributed by atoms with Crippen molar-refractivity contribution in [1.82, 2.24) is 0 Å². The summed E-state index contributed by atoms with van der Waals surface area (Å²) in [6.07, 6.45) is 4.59. The Morgan fingerprint density at radius 2 is 1.50 bits per heavy atom. The summed E-state index contributed by atoms with van der Waals surface area (Å²) < 4.78 is 12.4. The Kier molecular flexibility index (Phi) is 4.46. The van der Waals surface area contributed by atoms with E-state index in [1.165, 1.54) is 11.1 Å². The molecule has 5 fully saturated rings. The van der Waals surface area contributed by atoms with Crippen LogP contribution in [0.15, 0.2) is 22.8 Å². The first kappa shape index (κ1) is 23.5. The number of fused-ring (bicyclic) bond motifs is 7. The first-order valence-electron chi connectivity index (χ1n) is 14.1. The number of carbonyl (C=O) groups is 2. The minimum atomic E-state index is -0.931. The summed E-state index contributed by atoms with van der Waals surface area (Å²) in [6.45, 7) is 12.2. The summed E-state index contributed by atoms with van der Waals surface area (Å²) >= 11 is 0. The zero-order valence-electron chi connectivity index (χ0n) is 22.3. The number of aliphatic hydroxyl groups is 2. The summed E-state index contributed by atoms with van der Waals surface area (Å²) in [4.78, 5) is 25.7. The molecule has 0 aromatic heterocycles. The third kappa shape index (κ3) is 2.43. The van der Waals surface area contributed by atoms with Gasteiger partial charge in [0.1, 0.15) is 12.2 Å². The monoisotopic (exact) mass is 496 g/mol. The molecule has 4 unspecified atom stereocenters. The number of ether oxygens (including phenoxy) is 2. The third-order valence-corrected chi connectivity index (χ3v) is 12.4. The quantitative estimate of drug-likeness (QED) is 0.391. The number of carbonyl (C=O) groups excluding carboxylic acids is 2. The Bertz CT molecular complexity index is 1130. The highest BCUT2D eigenvalue weighted by atomic mass is 16.6. The number of allylic oxidation sites excluding steroid dienone is 2. The standard InChI is InChI=1S/C30H40O6/c1-12-11-18-20-21(30(12)24(18)29(6,34)10-8-17-14(3)27(32)36-25(17)30)15(4)19-22(20)28(5,33)9-7-16-13(2)26(31)35-23(16)19/h11,13-14,16-18,20-25,33-34H,7-10H2,1-6H3/t13?,14-,16?,17-,18+,20?,21-,22?,23-,24-,25-,28-,29-,30+/m0/s1. The van der Waals surface area contributed by atoms with Gasteiger partial charge in [-0.05, 0) is 76.7 Å². The topological polar surface area (TPSA) is 93.1 Å². The molecule has 0 aromatic rings. The van der Waals surface area contributed by atoms with Crippen molar-refractivity contribution in [3.8, 4) is 0 Å². The van der Waals surface area contributed by atoms with Crippen LogP contribution < -0.4 is 0 Å². The fraction of sp³-hybridized carbons (Fsp3) is 0.800. The zero-order valence-corrected chi connectivity index (χ0v) is 22.3.